The van der Waals surface area contributed by atoms with Gasteiger partial charge in [0.05, 0.1) is 5.69 Å². The molecule has 1 fully saturated rings. The molecule has 0 radical (unpaired) electrons. The third kappa shape index (κ3) is 3.86. The molecule has 4 aromatic rings. The molecule has 0 amide bonds. The van der Waals surface area contributed by atoms with Crippen molar-refractivity contribution < 1.29 is 8.78 Å². The van der Waals surface area contributed by atoms with Gasteiger partial charge in [-0.3, -0.25) is 9.88 Å². The lowest BCUT2D eigenvalue weighted by Crippen LogP contribution is -2.32. The van der Waals surface area contributed by atoms with Gasteiger partial charge < -0.3 is 4.98 Å². The SMILES string of the molecule is Fc1ccc(-c2[nH]cc(C3=C[C@@H]4C[C@H](c5ccc(F)cc5)CN4CC3)c2-c2ccncc2)cc1. The fraction of sp³-hybridized carbons (Fsp3) is 0.207. The molecule has 0 bridgehead atoms. The molecule has 2 aromatic heterocycles. The summed E-state index contributed by atoms with van der Waals surface area (Å²) in [4.78, 5) is 10.2. The van der Waals surface area contributed by atoms with Crippen LogP contribution in [0.1, 0.15) is 29.9 Å². The fourth-order valence-corrected chi connectivity index (χ4v) is 5.48. The quantitative estimate of drug-likeness (QED) is 0.374. The first-order valence-corrected chi connectivity index (χ1v) is 11.7. The summed E-state index contributed by atoms with van der Waals surface area (Å²) in [6.45, 7) is 2.01. The van der Waals surface area contributed by atoms with E-state index in [1.54, 1.807) is 12.1 Å². The number of aromatic amines is 1. The number of benzene rings is 2. The number of nitrogens with zero attached hydrogens (tertiary/aromatic N) is 2. The molecule has 0 spiro atoms. The lowest BCUT2D eigenvalue weighted by atomic mass is 9.90. The molecular formula is C29H25F2N3. The number of pyridine rings is 1. The molecule has 6 rings (SSSR count). The van der Waals surface area contributed by atoms with Crippen molar-refractivity contribution in [3.05, 3.63) is 108 Å². The highest BCUT2D eigenvalue weighted by Crippen LogP contribution is 2.42. The van der Waals surface area contributed by atoms with E-state index in [2.05, 4.69) is 27.1 Å². The van der Waals surface area contributed by atoms with Gasteiger partial charge in [-0.1, -0.05) is 18.2 Å². The molecule has 2 aliphatic rings. The summed E-state index contributed by atoms with van der Waals surface area (Å²) in [6.07, 6.45) is 10.1. The van der Waals surface area contributed by atoms with Crippen molar-refractivity contribution in [3.63, 3.8) is 0 Å². The number of rotatable bonds is 4. The summed E-state index contributed by atoms with van der Waals surface area (Å²) >= 11 is 0. The largest absolute Gasteiger partial charge is 0.360 e. The van der Waals surface area contributed by atoms with Crippen LogP contribution in [0.25, 0.3) is 28.0 Å². The first-order valence-electron chi connectivity index (χ1n) is 11.7. The van der Waals surface area contributed by atoms with Crippen LogP contribution in [-0.4, -0.2) is 34.0 Å². The van der Waals surface area contributed by atoms with Crippen molar-refractivity contribution in [2.24, 2.45) is 0 Å². The molecule has 0 aliphatic carbocycles. The van der Waals surface area contributed by atoms with Crippen LogP contribution in [-0.2, 0) is 0 Å². The topological polar surface area (TPSA) is 31.9 Å². The third-order valence-corrected chi connectivity index (χ3v) is 7.18. The highest BCUT2D eigenvalue weighted by atomic mass is 19.1. The predicted octanol–water partition coefficient (Wildman–Crippen LogP) is 6.67. The molecule has 0 saturated carbocycles. The van der Waals surface area contributed by atoms with Crippen LogP contribution in [0.4, 0.5) is 8.78 Å². The average Bonchev–Trinajstić information content (AvgIpc) is 3.50. The number of aromatic nitrogens is 2. The van der Waals surface area contributed by atoms with E-state index in [-0.39, 0.29) is 11.6 Å². The molecule has 2 atom stereocenters. The average molecular weight is 454 g/mol. The highest BCUT2D eigenvalue weighted by molar-refractivity contribution is 5.91. The Balaban J connectivity index is 1.36. The molecule has 3 nitrogen and oxygen atoms in total. The van der Waals surface area contributed by atoms with E-state index in [1.165, 1.54) is 28.8 Å². The Morgan fingerprint density at radius 1 is 0.853 bits per heavy atom. The van der Waals surface area contributed by atoms with Gasteiger partial charge in [-0.15, -0.1) is 0 Å². The Morgan fingerprint density at radius 2 is 1.56 bits per heavy atom. The molecule has 4 heterocycles. The zero-order chi connectivity index (χ0) is 23.1. The fourth-order valence-electron chi connectivity index (χ4n) is 5.48. The number of nitrogens with one attached hydrogen (secondary N) is 1. The van der Waals surface area contributed by atoms with Crippen LogP contribution in [0.5, 0.6) is 0 Å². The molecule has 1 N–H and O–H groups in total. The van der Waals surface area contributed by atoms with E-state index in [0.717, 1.165) is 48.3 Å². The smallest absolute Gasteiger partial charge is 0.123 e. The molecule has 2 aromatic carbocycles. The van der Waals surface area contributed by atoms with Crippen molar-refractivity contribution in [1.82, 2.24) is 14.9 Å². The maximum atomic E-state index is 13.6. The lowest BCUT2D eigenvalue weighted by Gasteiger charge is -2.28. The van der Waals surface area contributed by atoms with E-state index in [0.29, 0.717) is 12.0 Å². The van der Waals surface area contributed by atoms with Gasteiger partial charge in [0, 0.05) is 48.8 Å². The third-order valence-electron chi connectivity index (χ3n) is 7.18. The maximum Gasteiger partial charge on any atom is 0.123 e. The standard InChI is InChI=1S/C29H25F2N3/c30-24-5-1-19(2-6-24)23-16-26-15-22(11-14-34(26)18-23)27-17-33-29(21-3-7-25(31)8-4-21)28(27)20-9-12-32-13-10-20/h1-10,12-13,15,17,23,26,33H,11,14,16,18H2/t23-,26+/m0/s1. The van der Waals surface area contributed by atoms with Crippen molar-refractivity contribution >= 4 is 5.57 Å². The van der Waals surface area contributed by atoms with Crippen LogP contribution in [0.2, 0.25) is 0 Å². The Hall–Kier alpha value is -3.57. The van der Waals surface area contributed by atoms with Crippen molar-refractivity contribution in [2.75, 3.05) is 13.1 Å². The summed E-state index contributed by atoms with van der Waals surface area (Å²) < 4.78 is 27.0. The summed E-state index contributed by atoms with van der Waals surface area (Å²) in [7, 11) is 0. The van der Waals surface area contributed by atoms with Crippen molar-refractivity contribution in [3.8, 4) is 22.4 Å². The van der Waals surface area contributed by atoms with Crippen LogP contribution >= 0.6 is 0 Å². The van der Waals surface area contributed by atoms with Gasteiger partial charge >= 0.3 is 0 Å². The summed E-state index contributed by atoms with van der Waals surface area (Å²) in [5.74, 6) is -0.00964. The molecule has 5 heteroatoms. The van der Waals surface area contributed by atoms with E-state index in [9.17, 15) is 8.78 Å². The number of H-pyrrole nitrogens is 1. The Labute approximate surface area is 197 Å². The zero-order valence-electron chi connectivity index (χ0n) is 18.7. The van der Waals surface area contributed by atoms with E-state index < -0.39 is 0 Å². The normalized spacial score (nSPS) is 20.2. The number of hydrogen-bond donors (Lipinski definition) is 1. The van der Waals surface area contributed by atoms with Gasteiger partial charge in [0.25, 0.3) is 0 Å². The van der Waals surface area contributed by atoms with Crippen molar-refractivity contribution in [2.45, 2.75) is 24.8 Å². The van der Waals surface area contributed by atoms with Gasteiger partial charge in [-0.25, -0.2) is 8.78 Å². The predicted molar refractivity (Wildman–Crippen MR) is 131 cm³/mol. The monoisotopic (exact) mass is 453 g/mol. The van der Waals surface area contributed by atoms with Crippen LogP contribution in [0.15, 0.2) is 85.3 Å². The minimum absolute atomic E-state index is 0.185. The number of hydrogen-bond acceptors (Lipinski definition) is 2. The second kappa shape index (κ2) is 8.65. The molecule has 34 heavy (non-hydrogen) atoms. The van der Waals surface area contributed by atoms with Gasteiger partial charge in [-0.2, -0.15) is 0 Å². The molecule has 2 aliphatic heterocycles. The van der Waals surface area contributed by atoms with Gasteiger partial charge in [-0.05, 0) is 89.6 Å². The van der Waals surface area contributed by atoms with E-state index in [4.69, 9.17) is 0 Å². The first-order chi connectivity index (χ1) is 16.7. The van der Waals surface area contributed by atoms with E-state index >= 15 is 0 Å². The minimum atomic E-state index is -0.243. The minimum Gasteiger partial charge on any atom is -0.360 e. The Bertz CT molecular complexity index is 1320. The molecular weight excluding hydrogens is 428 g/mol. The molecule has 170 valence electrons. The number of fused-ring (bicyclic) bond motifs is 1. The first kappa shape index (κ1) is 21.0. The highest BCUT2D eigenvalue weighted by Gasteiger charge is 2.34. The van der Waals surface area contributed by atoms with Crippen molar-refractivity contribution in [1.29, 1.82) is 0 Å². The van der Waals surface area contributed by atoms with Gasteiger partial charge in [0.2, 0.25) is 0 Å². The van der Waals surface area contributed by atoms with Gasteiger partial charge in [0.1, 0.15) is 11.6 Å². The van der Waals surface area contributed by atoms with E-state index in [1.807, 2.05) is 48.8 Å². The summed E-state index contributed by atoms with van der Waals surface area (Å²) in [6, 6.07) is 18.0. The van der Waals surface area contributed by atoms with Crippen LogP contribution in [0.3, 0.4) is 0 Å². The summed E-state index contributed by atoms with van der Waals surface area (Å²) in [5, 5.41) is 0. The number of halogens is 2. The van der Waals surface area contributed by atoms with Crippen LogP contribution in [0, 0.1) is 11.6 Å². The second-order valence-corrected chi connectivity index (χ2v) is 9.18. The maximum absolute atomic E-state index is 13.6. The zero-order valence-corrected chi connectivity index (χ0v) is 18.7. The van der Waals surface area contributed by atoms with Crippen LogP contribution < -0.4 is 0 Å². The summed E-state index contributed by atoms with van der Waals surface area (Å²) in [5.41, 5.74) is 7.89. The Morgan fingerprint density at radius 3 is 2.29 bits per heavy atom. The molecule has 1 saturated heterocycles. The second-order valence-electron chi connectivity index (χ2n) is 9.18. The lowest BCUT2D eigenvalue weighted by molar-refractivity contribution is 0.286. The Kier molecular flexibility index (Phi) is 5.34. The van der Waals surface area contributed by atoms with Gasteiger partial charge in [0.15, 0.2) is 0 Å². The molecule has 0 unspecified atom stereocenters.